The maximum atomic E-state index is 12.4. The van der Waals surface area contributed by atoms with Gasteiger partial charge in [0.1, 0.15) is 6.04 Å². The molecule has 2 aromatic rings. The van der Waals surface area contributed by atoms with E-state index in [0.29, 0.717) is 11.4 Å². The van der Waals surface area contributed by atoms with Crippen molar-refractivity contribution in [2.75, 3.05) is 4.90 Å². The summed E-state index contributed by atoms with van der Waals surface area (Å²) >= 11 is 4.78. The molecule has 1 atom stereocenters. The van der Waals surface area contributed by atoms with Crippen molar-refractivity contribution in [3.8, 4) is 0 Å². The number of carbonyl (C=O) groups is 3. The van der Waals surface area contributed by atoms with E-state index in [0.717, 1.165) is 14.4 Å². The maximum absolute atomic E-state index is 12.4. The molecule has 9 heteroatoms. The summed E-state index contributed by atoms with van der Waals surface area (Å²) in [5.74, 6) is -1.01. The van der Waals surface area contributed by atoms with Crippen LogP contribution in [0.1, 0.15) is 17.1 Å². The first-order valence-electron chi connectivity index (χ1n) is 7.52. The number of aromatic nitrogens is 1. The molecule has 1 aromatic carbocycles. The number of thiazole rings is 1. The molecule has 25 heavy (non-hydrogen) atoms. The van der Waals surface area contributed by atoms with E-state index in [4.69, 9.17) is 0 Å². The molecule has 1 aliphatic rings. The molecule has 1 saturated heterocycles. The largest absolute Gasteiger partial charge is 0.290 e. The molecule has 2 N–H and O–H groups in total. The van der Waals surface area contributed by atoms with Crippen molar-refractivity contribution in [1.82, 2.24) is 15.8 Å². The van der Waals surface area contributed by atoms with Crippen LogP contribution in [0.5, 0.6) is 0 Å². The van der Waals surface area contributed by atoms with Crippen molar-refractivity contribution in [2.24, 2.45) is 0 Å². The van der Waals surface area contributed by atoms with E-state index in [2.05, 4.69) is 31.8 Å². The Kier molecular flexibility index (Phi) is 5.26. The van der Waals surface area contributed by atoms with Crippen LogP contribution >= 0.6 is 27.3 Å². The number of anilines is 1. The highest BCUT2D eigenvalue weighted by atomic mass is 79.9. The molecule has 1 aromatic heterocycles. The molecule has 0 bridgehead atoms. The Morgan fingerprint density at radius 3 is 2.72 bits per heavy atom. The van der Waals surface area contributed by atoms with E-state index in [1.165, 1.54) is 11.3 Å². The molecule has 1 fully saturated rings. The molecule has 0 spiro atoms. The van der Waals surface area contributed by atoms with Gasteiger partial charge in [-0.15, -0.1) is 11.3 Å². The van der Waals surface area contributed by atoms with Gasteiger partial charge in [-0.25, -0.2) is 15.3 Å². The zero-order chi connectivity index (χ0) is 18.0. The van der Waals surface area contributed by atoms with Gasteiger partial charge in [0.2, 0.25) is 11.8 Å². The minimum atomic E-state index is -0.780. The molecule has 0 saturated carbocycles. The Morgan fingerprint density at radius 1 is 1.36 bits per heavy atom. The predicted octanol–water partition coefficient (Wildman–Crippen LogP) is 1.71. The number of benzene rings is 1. The Morgan fingerprint density at radius 2 is 2.08 bits per heavy atom. The van der Waals surface area contributed by atoms with E-state index >= 15 is 0 Å². The molecule has 3 amide bonds. The lowest BCUT2D eigenvalue weighted by Crippen LogP contribution is -2.48. The van der Waals surface area contributed by atoms with Crippen LogP contribution in [0.3, 0.4) is 0 Å². The molecule has 7 nitrogen and oxygen atoms in total. The number of nitrogens with one attached hydrogen (secondary N) is 2. The van der Waals surface area contributed by atoms with E-state index in [-0.39, 0.29) is 24.7 Å². The lowest BCUT2D eigenvalue weighted by atomic mass is 10.2. The molecule has 0 radical (unpaired) electrons. The smallest absolute Gasteiger partial charge is 0.253 e. The Labute approximate surface area is 156 Å². The monoisotopic (exact) mass is 422 g/mol. The van der Waals surface area contributed by atoms with Crippen LogP contribution in [0.25, 0.3) is 0 Å². The molecular formula is C16H15BrN4O3S. The van der Waals surface area contributed by atoms with E-state index in [1.807, 2.05) is 12.3 Å². The summed E-state index contributed by atoms with van der Waals surface area (Å²) in [6, 6.07) is 6.11. The molecule has 1 aliphatic heterocycles. The van der Waals surface area contributed by atoms with Crippen LogP contribution in [-0.4, -0.2) is 28.7 Å². The number of aryl methyl sites for hydroxylation is 1. The summed E-state index contributed by atoms with van der Waals surface area (Å²) in [4.78, 5) is 41.9. The fourth-order valence-electron chi connectivity index (χ4n) is 2.47. The second-order valence-electron chi connectivity index (χ2n) is 5.53. The highest BCUT2D eigenvalue weighted by molar-refractivity contribution is 9.10. The quantitative estimate of drug-likeness (QED) is 0.565. The van der Waals surface area contributed by atoms with Gasteiger partial charge in [-0.2, -0.15) is 0 Å². The lowest BCUT2D eigenvalue weighted by molar-refractivity contribution is -0.122. The minimum Gasteiger partial charge on any atom is -0.290 e. The van der Waals surface area contributed by atoms with Gasteiger partial charge in [-0.1, -0.05) is 15.9 Å². The van der Waals surface area contributed by atoms with Crippen LogP contribution < -0.4 is 15.8 Å². The SMILES string of the molecule is Cc1nc(CC(=O)NN[C@H]2CC(=O)N(c3ccc(Br)cc3)C2=O)cs1. The van der Waals surface area contributed by atoms with Crippen LogP contribution in [0.4, 0.5) is 5.69 Å². The van der Waals surface area contributed by atoms with Gasteiger partial charge in [-0.05, 0) is 31.2 Å². The average Bonchev–Trinajstić information content (AvgIpc) is 3.09. The first-order valence-corrected chi connectivity index (χ1v) is 9.19. The first-order chi connectivity index (χ1) is 11.9. The highest BCUT2D eigenvalue weighted by Gasteiger charge is 2.39. The molecule has 130 valence electrons. The number of amides is 3. The topological polar surface area (TPSA) is 91.4 Å². The van der Waals surface area contributed by atoms with Gasteiger partial charge in [0.05, 0.1) is 29.2 Å². The molecule has 0 unspecified atom stereocenters. The molecule has 3 rings (SSSR count). The number of hydrogen-bond acceptors (Lipinski definition) is 6. The van der Waals surface area contributed by atoms with E-state index in [1.54, 1.807) is 24.3 Å². The third-order valence-corrected chi connectivity index (χ3v) is 4.98. The highest BCUT2D eigenvalue weighted by Crippen LogP contribution is 2.24. The first kappa shape index (κ1) is 17.7. The van der Waals surface area contributed by atoms with Gasteiger partial charge in [0.15, 0.2) is 0 Å². The van der Waals surface area contributed by atoms with Crippen molar-refractivity contribution in [3.63, 3.8) is 0 Å². The number of carbonyl (C=O) groups excluding carboxylic acids is 3. The van der Waals surface area contributed by atoms with E-state index in [9.17, 15) is 14.4 Å². The van der Waals surface area contributed by atoms with Gasteiger partial charge in [0.25, 0.3) is 5.91 Å². The second kappa shape index (κ2) is 7.42. The predicted molar refractivity (Wildman–Crippen MR) is 96.9 cm³/mol. The molecule has 2 heterocycles. The minimum absolute atomic E-state index is 0.00894. The summed E-state index contributed by atoms with van der Waals surface area (Å²) in [5.41, 5.74) is 6.32. The summed E-state index contributed by atoms with van der Waals surface area (Å²) < 4.78 is 0.856. The number of imide groups is 1. The Balaban J connectivity index is 1.58. The van der Waals surface area contributed by atoms with E-state index < -0.39 is 11.9 Å². The maximum Gasteiger partial charge on any atom is 0.253 e. The Hall–Kier alpha value is -2.10. The summed E-state index contributed by atoms with van der Waals surface area (Å²) in [5, 5.41) is 2.70. The molecular weight excluding hydrogens is 408 g/mol. The average molecular weight is 423 g/mol. The van der Waals surface area contributed by atoms with Gasteiger partial charge in [0, 0.05) is 9.85 Å². The van der Waals surface area contributed by atoms with Crippen LogP contribution in [0.15, 0.2) is 34.1 Å². The number of hydrogen-bond donors (Lipinski definition) is 2. The fourth-order valence-corrected chi connectivity index (χ4v) is 3.35. The zero-order valence-corrected chi connectivity index (χ0v) is 15.7. The zero-order valence-electron chi connectivity index (χ0n) is 13.3. The van der Waals surface area contributed by atoms with Crippen LogP contribution in [-0.2, 0) is 20.8 Å². The third kappa shape index (κ3) is 4.12. The van der Waals surface area contributed by atoms with Crippen LogP contribution in [0, 0.1) is 6.92 Å². The Bertz CT molecular complexity index is 821. The second-order valence-corrected chi connectivity index (χ2v) is 7.51. The van der Waals surface area contributed by atoms with Crippen molar-refractivity contribution in [1.29, 1.82) is 0 Å². The summed E-state index contributed by atoms with van der Waals surface area (Å²) in [7, 11) is 0. The van der Waals surface area contributed by atoms with Crippen molar-refractivity contribution in [2.45, 2.75) is 25.8 Å². The fraction of sp³-hybridized carbons (Fsp3) is 0.250. The van der Waals surface area contributed by atoms with Crippen molar-refractivity contribution in [3.05, 3.63) is 44.8 Å². The number of halogens is 1. The van der Waals surface area contributed by atoms with Gasteiger partial charge < -0.3 is 0 Å². The third-order valence-electron chi connectivity index (χ3n) is 3.63. The molecule has 0 aliphatic carbocycles. The summed E-state index contributed by atoms with van der Waals surface area (Å²) in [6.45, 7) is 1.86. The number of hydrazine groups is 1. The van der Waals surface area contributed by atoms with Gasteiger partial charge in [-0.3, -0.25) is 19.8 Å². The van der Waals surface area contributed by atoms with Gasteiger partial charge >= 0.3 is 0 Å². The van der Waals surface area contributed by atoms with Crippen LogP contribution in [0.2, 0.25) is 0 Å². The lowest BCUT2D eigenvalue weighted by Gasteiger charge is -2.16. The number of rotatable bonds is 5. The standard InChI is InChI=1S/C16H15BrN4O3S/c1-9-18-11(8-25-9)6-14(22)20-19-13-7-15(23)21(16(13)24)12-4-2-10(17)3-5-12/h2-5,8,13,19H,6-7H2,1H3,(H,20,22)/t13-/m0/s1. The van der Waals surface area contributed by atoms with Crippen molar-refractivity contribution >= 4 is 50.7 Å². The van der Waals surface area contributed by atoms with Crippen molar-refractivity contribution < 1.29 is 14.4 Å². The summed E-state index contributed by atoms with van der Waals surface area (Å²) in [6.07, 6.45) is 0.105. The normalized spacial score (nSPS) is 17.2. The number of nitrogens with zero attached hydrogens (tertiary/aromatic N) is 2.